The first kappa shape index (κ1) is 14.6. The summed E-state index contributed by atoms with van der Waals surface area (Å²) in [7, 11) is -3.40. The molecule has 7 nitrogen and oxygen atoms in total. The molecule has 2 fully saturated rings. The first-order chi connectivity index (χ1) is 9.94. The maximum absolute atomic E-state index is 12.2. The van der Waals surface area contributed by atoms with Crippen molar-refractivity contribution in [2.45, 2.75) is 30.7 Å². The molecule has 1 aromatic heterocycles. The molecule has 0 bridgehead atoms. The molecular formula is C12H18N4O3S2. The molecule has 1 atom stereocenters. The first-order valence-corrected chi connectivity index (χ1v) is 9.39. The Morgan fingerprint density at radius 3 is 2.90 bits per heavy atom. The largest absolute Gasteiger partial charge is 0.382 e. The molecule has 2 aliphatic rings. The number of anilines is 2. The molecule has 0 radical (unpaired) electrons. The lowest BCUT2D eigenvalue weighted by Crippen LogP contribution is -2.51. The lowest BCUT2D eigenvalue weighted by atomic mass is 10.1. The minimum absolute atomic E-state index is 0.00446. The molecule has 0 spiro atoms. The highest BCUT2D eigenvalue weighted by atomic mass is 32.2. The predicted octanol–water partition coefficient (Wildman–Crippen LogP) is 0.330. The minimum atomic E-state index is -3.40. The molecule has 21 heavy (non-hydrogen) atoms. The van der Waals surface area contributed by atoms with E-state index in [1.807, 2.05) is 9.80 Å². The minimum Gasteiger partial charge on any atom is -0.382 e. The normalized spacial score (nSPS) is 22.7. The van der Waals surface area contributed by atoms with Crippen molar-refractivity contribution in [1.82, 2.24) is 9.27 Å². The fourth-order valence-electron chi connectivity index (χ4n) is 2.97. The molecule has 0 aromatic carbocycles. The zero-order chi connectivity index (χ0) is 15.2. The molecule has 2 saturated heterocycles. The van der Waals surface area contributed by atoms with Gasteiger partial charge in [-0.2, -0.15) is 4.37 Å². The maximum atomic E-state index is 12.2. The molecule has 1 unspecified atom stereocenters. The van der Waals surface area contributed by atoms with Crippen molar-refractivity contribution in [3.63, 3.8) is 0 Å². The van der Waals surface area contributed by atoms with Crippen molar-refractivity contribution < 1.29 is 13.2 Å². The number of fused-ring (bicyclic) bond motifs is 1. The van der Waals surface area contributed by atoms with Crippen LogP contribution in [-0.2, 0) is 14.6 Å². The molecule has 3 rings (SSSR count). The third-order valence-corrected chi connectivity index (χ3v) is 6.97. The molecule has 2 N–H and O–H groups in total. The summed E-state index contributed by atoms with van der Waals surface area (Å²) < 4.78 is 28.5. The lowest BCUT2D eigenvalue weighted by molar-refractivity contribution is -0.129. The molecule has 1 aromatic rings. The summed E-state index contributed by atoms with van der Waals surface area (Å²) in [4.78, 5) is 15.8. The van der Waals surface area contributed by atoms with Crippen molar-refractivity contribution in [2.75, 3.05) is 36.0 Å². The quantitative estimate of drug-likeness (QED) is 0.858. The second-order valence-electron chi connectivity index (χ2n) is 5.33. The average Bonchev–Trinajstić information content (AvgIpc) is 3.03. The summed E-state index contributed by atoms with van der Waals surface area (Å²) in [6, 6.07) is 0.173. The van der Waals surface area contributed by atoms with E-state index in [1.54, 1.807) is 6.92 Å². The van der Waals surface area contributed by atoms with E-state index in [2.05, 4.69) is 4.37 Å². The van der Waals surface area contributed by atoms with E-state index in [-0.39, 0.29) is 28.4 Å². The van der Waals surface area contributed by atoms with E-state index in [4.69, 9.17) is 5.73 Å². The van der Waals surface area contributed by atoms with Gasteiger partial charge < -0.3 is 15.5 Å². The first-order valence-electron chi connectivity index (χ1n) is 6.96. The van der Waals surface area contributed by atoms with Gasteiger partial charge >= 0.3 is 0 Å². The van der Waals surface area contributed by atoms with Crippen LogP contribution in [0.25, 0.3) is 0 Å². The van der Waals surface area contributed by atoms with Crippen LogP contribution in [0.15, 0.2) is 4.90 Å². The van der Waals surface area contributed by atoms with Gasteiger partial charge in [-0.15, -0.1) is 0 Å². The molecule has 0 aliphatic carbocycles. The number of nitrogen functional groups attached to an aromatic ring is 1. The Labute approximate surface area is 127 Å². The summed E-state index contributed by atoms with van der Waals surface area (Å²) in [6.07, 6.45) is 1.42. The van der Waals surface area contributed by atoms with Crippen LogP contribution in [-0.4, -0.2) is 55.0 Å². The van der Waals surface area contributed by atoms with E-state index in [0.717, 1.165) is 18.0 Å². The van der Waals surface area contributed by atoms with E-state index in [9.17, 15) is 13.2 Å². The highest BCUT2D eigenvalue weighted by molar-refractivity contribution is 7.91. The number of carbonyl (C=O) groups is 1. The number of nitrogens with zero attached hydrogens (tertiary/aromatic N) is 3. The highest BCUT2D eigenvalue weighted by Gasteiger charge is 2.37. The summed E-state index contributed by atoms with van der Waals surface area (Å²) in [6.45, 7) is 3.51. The molecular weight excluding hydrogens is 312 g/mol. The second-order valence-corrected chi connectivity index (χ2v) is 8.30. The van der Waals surface area contributed by atoms with Crippen LogP contribution in [0, 0.1) is 0 Å². The summed E-state index contributed by atoms with van der Waals surface area (Å²) in [5.41, 5.74) is 5.77. The zero-order valence-electron chi connectivity index (χ0n) is 11.8. The molecule has 3 heterocycles. The Morgan fingerprint density at radius 1 is 1.43 bits per heavy atom. The Kier molecular flexibility index (Phi) is 3.56. The van der Waals surface area contributed by atoms with Gasteiger partial charge in [0.1, 0.15) is 9.90 Å². The number of aromatic nitrogens is 1. The molecule has 0 saturated carbocycles. The third kappa shape index (κ3) is 2.38. The Morgan fingerprint density at radius 2 is 2.19 bits per heavy atom. The number of rotatable bonds is 3. The maximum Gasteiger partial charge on any atom is 0.223 e. The van der Waals surface area contributed by atoms with Crippen LogP contribution in [0.4, 0.5) is 10.8 Å². The van der Waals surface area contributed by atoms with Crippen molar-refractivity contribution in [2.24, 2.45) is 0 Å². The van der Waals surface area contributed by atoms with Crippen molar-refractivity contribution in [3.8, 4) is 0 Å². The van der Waals surface area contributed by atoms with Gasteiger partial charge in [-0.3, -0.25) is 4.79 Å². The van der Waals surface area contributed by atoms with Gasteiger partial charge in [0.15, 0.2) is 15.7 Å². The Bertz CT molecular complexity index is 670. The predicted molar refractivity (Wildman–Crippen MR) is 81.2 cm³/mol. The fraction of sp³-hybridized carbons (Fsp3) is 0.667. The van der Waals surface area contributed by atoms with E-state index in [1.165, 1.54) is 0 Å². The molecule has 116 valence electrons. The number of amides is 1. The van der Waals surface area contributed by atoms with Gasteiger partial charge in [-0.1, -0.05) is 6.92 Å². The summed E-state index contributed by atoms with van der Waals surface area (Å²) in [5.74, 6) is 0.288. The van der Waals surface area contributed by atoms with Gasteiger partial charge in [0, 0.05) is 32.1 Å². The highest BCUT2D eigenvalue weighted by Crippen LogP contribution is 2.37. The van der Waals surface area contributed by atoms with Gasteiger partial charge in [-0.05, 0) is 18.0 Å². The molecule has 2 aliphatic heterocycles. The Balaban J connectivity index is 1.91. The van der Waals surface area contributed by atoms with Crippen molar-refractivity contribution >= 4 is 38.1 Å². The van der Waals surface area contributed by atoms with Gasteiger partial charge in [0.2, 0.25) is 5.91 Å². The fourth-order valence-corrected chi connectivity index (χ4v) is 5.32. The van der Waals surface area contributed by atoms with Crippen LogP contribution < -0.4 is 10.6 Å². The Hall–Kier alpha value is -1.35. The third-order valence-electron chi connectivity index (χ3n) is 4.13. The number of sulfone groups is 1. The van der Waals surface area contributed by atoms with Gasteiger partial charge in [0.05, 0.1) is 5.75 Å². The molecule has 9 heteroatoms. The second kappa shape index (κ2) is 5.13. The average molecular weight is 330 g/mol. The standard InChI is InChI=1S/C12H18N4O3S2/c1-2-21(18,19)10-11(13)14-20-12(10)15-5-6-16-8(7-15)3-4-9(16)17/h8H,2-7H2,1H3,(H2,13,14). The van der Waals surface area contributed by atoms with Crippen LogP contribution in [0.1, 0.15) is 19.8 Å². The van der Waals surface area contributed by atoms with Gasteiger partial charge in [-0.25, -0.2) is 8.42 Å². The number of nitrogens with two attached hydrogens (primary N) is 1. The van der Waals surface area contributed by atoms with E-state index < -0.39 is 9.84 Å². The van der Waals surface area contributed by atoms with Crippen molar-refractivity contribution in [1.29, 1.82) is 0 Å². The van der Waals surface area contributed by atoms with Crippen LogP contribution in [0.3, 0.4) is 0 Å². The number of hydrogen-bond donors (Lipinski definition) is 1. The van der Waals surface area contributed by atoms with E-state index in [0.29, 0.717) is 31.1 Å². The smallest absolute Gasteiger partial charge is 0.223 e. The monoisotopic (exact) mass is 330 g/mol. The summed E-state index contributed by atoms with van der Waals surface area (Å²) in [5, 5.41) is 0.619. The lowest BCUT2D eigenvalue weighted by Gasteiger charge is -2.38. The van der Waals surface area contributed by atoms with Crippen LogP contribution >= 0.6 is 11.5 Å². The topological polar surface area (TPSA) is 96.6 Å². The molecule has 1 amide bonds. The van der Waals surface area contributed by atoms with Gasteiger partial charge in [0.25, 0.3) is 0 Å². The summed E-state index contributed by atoms with van der Waals surface area (Å²) >= 11 is 1.13. The van der Waals surface area contributed by atoms with Crippen molar-refractivity contribution in [3.05, 3.63) is 0 Å². The SMILES string of the molecule is CCS(=O)(=O)c1c(N)nsc1N1CCN2C(=O)CCC2C1. The number of hydrogen-bond acceptors (Lipinski definition) is 7. The zero-order valence-corrected chi connectivity index (χ0v) is 13.4. The van der Waals surface area contributed by atoms with Crippen LogP contribution in [0.2, 0.25) is 0 Å². The van der Waals surface area contributed by atoms with E-state index >= 15 is 0 Å². The number of piperazine rings is 1. The number of carbonyl (C=O) groups excluding carboxylic acids is 1. The van der Waals surface area contributed by atoms with Crippen LogP contribution in [0.5, 0.6) is 0 Å².